The van der Waals surface area contributed by atoms with E-state index in [0.29, 0.717) is 16.8 Å². The van der Waals surface area contributed by atoms with Gasteiger partial charge in [-0.15, -0.1) is 0 Å². The van der Waals surface area contributed by atoms with E-state index in [1.807, 2.05) is 0 Å². The zero-order valence-electron chi connectivity index (χ0n) is 8.97. The number of nitrogen functional groups attached to an aromatic ring is 2. The summed E-state index contributed by atoms with van der Waals surface area (Å²) < 4.78 is 0. The Kier molecular flexibility index (Phi) is 3.50. The zero-order chi connectivity index (χ0) is 11.5. The molecule has 0 aliphatic heterocycles. The maximum absolute atomic E-state index is 9.83. The fourth-order valence-electron chi connectivity index (χ4n) is 1.86. The van der Waals surface area contributed by atoms with E-state index in [2.05, 4.69) is 9.97 Å². The predicted octanol–water partition coefficient (Wildman–Crippen LogP) is 1.04. The van der Waals surface area contributed by atoms with E-state index in [1.54, 1.807) is 0 Å². The minimum atomic E-state index is -0.273. The molecule has 1 aliphatic carbocycles. The molecule has 0 amide bonds. The Balaban J connectivity index is 2.07. The zero-order valence-corrected chi connectivity index (χ0v) is 9.78. The molecule has 5 N–H and O–H groups in total. The van der Waals surface area contributed by atoms with Crippen LogP contribution in [0.2, 0.25) is 0 Å². The Morgan fingerprint density at radius 2 is 1.81 bits per heavy atom. The van der Waals surface area contributed by atoms with Crippen LogP contribution in [-0.2, 0) is 0 Å². The fourth-order valence-corrected chi connectivity index (χ4v) is 3.03. The Morgan fingerprint density at radius 3 is 2.44 bits per heavy atom. The summed E-state index contributed by atoms with van der Waals surface area (Å²) in [5.74, 6) is 0.751. The maximum Gasteiger partial charge on any atom is 0.191 e. The van der Waals surface area contributed by atoms with Crippen LogP contribution >= 0.6 is 11.8 Å². The first-order valence-electron chi connectivity index (χ1n) is 5.40. The predicted molar refractivity (Wildman–Crippen MR) is 65.0 cm³/mol. The number of anilines is 2. The summed E-state index contributed by atoms with van der Waals surface area (Å²) in [6, 6.07) is 1.53. The fraction of sp³-hybridized carbons (Fsp3) is 0.600. The van der Waals surface area contributed by atoms with Crippen LogP contribution in [0.3, 0.4) is 0 Å². The Hall–Kier alpha value is -1.01. The summed E-state index contributed by atoms with van der Waals surface area (Å²) >= 11 is 1.47. The number of aliphatic hydroxyl groups excluding tert-OH is 1. The molecule has 1 fully saturated rings. The lowest BCUT2D eigenvalue weighted by Crippen LogP contribution is -2.27. The van der Waals surface area contributed by atoms with Crippen molar-refractivity contribution in [2.75, 3.05) is 11.5 Å². The first-order chi connectivity index (χ1) is 7.65. The summed E-state index contributed by atoms with van der Waals surface area (Å²) in [4.78, 5) is 8.20. The van der Waals surface area contributed by atoms with Crippen molar-refractivity contribution >= 4 is 23.4 Å². The van der Waals surface area contributed by atoms with Gasteiger partial charge in [-0.1, -0.05) is 24.6 Å². The lowest BCUT2D eigenvalue weighted by Gasteiger charge is -2.26. The number of aromatic nitrogens is 2. The van der Waals surface area contributed by atoms with Gasteiger partial charge in [0.2, 0.25) is 0 Å². The molecular weight excluding hydrogens is 224 g/mol. The Bertz CT molecular complexity index is 354. The molecule has 0 radical (unpaired) electrons. The van der Waals surface area contributed by atoms with Gasteiger partial charge in [-0.2, -0.15) is 0 Å². The molecule has 1 heterocycles. The van der Waals surface area contributed by atoms with Crippen molar-refractivity contribution in [3.63, 3.8) is 0 Å². The van der Waals surface area contributed by atoms with Crippen LogP contribution in [0, 0.1) is 0 Å². The Labute approximate surface area is 98.7 Å². The van der Waals surface area contributed by atoms with Gasteiger partial charge in [0.1, 0.15) is 11.6 Å². The second-order valence-corrected chi connectivity index (χ2v) is 5.21. The van der Waals surface area contributed by atoms with Gasteiger partial charge in [-0.25, -0.2) is 9.97 Å². The van der Waals surface area contributed by atoms with Crippen molar-refractivity contribution in [1.29, 1.82) is 0 Å². The summed E-state index contributed by atoms with van der Waals surface area (Å²) in [5.41, 5.74) is 11.2. The number of aliphatic hydroxyl groups is 1. The molecule has 1 saturated carbocycles. The normalized spacial score (nSPS) is 25.6. The van der Waals surface area contributed by atoms with Crippen molar-refractivity contribution in [3.8, 4) is 0 Å². The highest BCUT2D eigenvalue weighted by Crippen LogP contribution is 2.32. The van der Waals surface area contributed by atoms with Gasteiger partial charge in [0, 0.05) is 11.3 Å². The maximum atomic E-state index is 9.83. The van der Waals surface area contributed by atoms with E-state index in [-0.39, 0.29) is 11.4 Å². The van der Waals surface area contributed by atoms with Crippen LogP contribution in [0.4, 0.5) is 11.6 Å². The topological polar surface area (TPSA) is 98.1 Å². The van der Waals surface area contributed by atoms with Crippen molar-refractivity contribution in [1.82, 2.24) is 9.97 Å². The van der Waals surface area contributed by atoms with Crippen molar-refractivity contribution < 1.29 is 5.11 Å². The minimum absolute atomic E-state index is 0.162. The third-order valence-electron chi connectivity index (χ3n) is 2.67. The van der Waals surface area contributed by atoms with E-state index in [9.17, 15) is 5.11 Å². The van der Waals surface area contributed by atoms with Crippen molar-refractivity contribution in [2.24, 2.45) is 0 Å². The first-order valence-corrected chi connectivity index (χ1v) is 6.28. The van der Waals surface area contributed by atoms with Gasteiger partial charge < -0.3 is 16.6 Å². The second kappa shape index (κ2) is 4.88. The molecule has 0 saturated heterocycles. The van der Waals surface area contributed by atoms with Crippen molar-refractivity contribution in [2.45, 2.75) is 42.2 Å². The molecule has 1 aromatic heterocycles. The van der Waals surface area contributed by atoms with Gasteiger partial charge >= 0.3 is 0 Å². The summed E-state index contributed by atoms with van der Waals surface area (Å²) in [5, 5.41) is 10.6. The van der Waals surface area contributed by atoms with Crippen LogP contribution in [-0.4, -0.2) is 26.4 Å². The van der Waals surface area contributed by atoms with Crippen LogP contribution in [0.25, 0.3) is 0 Å². The summed E-state index contributed by atoms with van der Waals surface area (Å²) in [6.45, 7) is 0. The lowest BCUT2D eigenvalue weighted by atomic mass is 9.97. The standard InChI is InChI=1S/C10H16N4OS/c11-8-5-9(12)14-10(13-8)16-7-4-2-1-3-6(7)15/h5-7,15H,1-4H2,(H4,11,12,13,14)/t6-,7-/m1/s1. The molecule has 0 spiro atoms. The number of hydrogen-bond acceptors (Lipinski definition) is 6. The number of rotatable bonds is 2. The monoisotopic (exact) mass is 240 g/mol. The van der Waals surface area contributed by atoms with Crippen LogP contribution in [0.15, 0.2) is 11.2 Å². The molecular formula is C10H16N4OS. The molecule has 2 rings (SSSR count). The SMILES string of the molecule is Nc1cc(N)nc(S[C@@H]2CCCC[C@H]2O)n1. The van der Waals surface area contributed by atoms with E-state index in [4.69, 9.17) is 11.5 Å². The van der Waals surface area contributed by atoms with Gasteiger partial charge in [-0.05, 0) is 12.8 Å². The molecule has 1 aromatic rings. The van der Waals surface area contributed by atoms with E-state index in [1.165, 1.54) is 17.8 Å². The van der Waals surface area contributed by atoms with E-state index >= 15 is 0 Å². The van der Waals surface area contributed by atoms with E-state index in [0.717, 1.165) is 25.7 Å². The molecule has 88 valence electrons. The molecule has 5 nitrogen and oxygen atoms in total. The average Bonchev–Trinajstić information content (AvgIpc) is 2.20. The largest absolute Gasteiger partial charge is 0.392 e. The highest BCUT2D eigenvalue weighted by Gasteiger charge is 2.25. The smallest absolute Gasteiger partial charge is 0.191 e. The molecule has 16 heavy (non-hydrogen) atoms. The minimum Gasteiger partial charge on any atom is -0.392 e. The van der Waals surface area contributed by atoms with Gasteiger partial charge in [0.05, 0.1) is 6.10 Å². The molecule has 0 aromatic carbocycles. The Morgan fingerprint density at radius 1 is 1.19 bits per heavy atom. The third kappa shape index (κ3) is 2.76. The third-order valence-corrected chi connectivity index (χ3v) is 3.92. The molecule has 2 atom stereocenters. The lowest BCUT2D eigenvalue weighted by molar-refractivity contribution is 0.137. The number of hydrogen-bond donors (Lipinski definition) is 3. The van der Waals surface area contributed by atoms with Crippen LogP contribution < -0.4 is 11.5 Å². The number of thioether (sulfide) groups is 1. The molecule has 1 aliphatic rings. The van der Waals surface area contributed by atoms with Gasteiger partial charge in [-0.3, -0.25) is 0 Å². The molecule has 6 heteroatoms. The van der Waals surface area contributed by atoms with Crippen LogP contribution in [0.5, 0.6) is 0 Å². The molecule has 0 bridgehead atoms. The summed E-state index contributed by atoms with van der Waals surface area (Å²) in [6.07, 6.45) is 3.81. The van der Waals surface area contributed by atoms with Gasteiger partial charge in [0.15, 0.2) is 5.16 Å². The highest BCUT2D eigenvalue weighted by atomic mass is 32.2. The number of nitrogens with two attached hydrogens (primary N) is 2. The highest BCUT2D eigenvalue weighted by molar-refractivity contribution is 7.99. The van der Waals surface area contributed by atoms with Crippen molar-refractivity contribution in [3.05, 3.63) is 6.07 Å². The quantitative estimate of drug-likeness (QED) is 0.668. The van der Waals surface area contributed by atoms with E-state index < -0.39 is 0 Å². The first kappa shape index (κ1) is 11.5. The van der Waals surface area contributed by atoms with Crippen LogP contribution in [0.1, 0.15) is 25.7 Å². The summed E-state index contributed by atoms with van der Waals surface area (Å²) in [7, 11) is 0. The average molecular weight is 240 g/mol. The number of nitrogens with zero attached hydrogens (tertiary/aromatic N) is 2. The molecule has 0 unspecified atom stereocenters. The van der Waals surface area contributed by atoms with Gasteiger partial charge in [0.25, 0.3) is 0 Å². The second-order valence-electron chi connectivity index (χ2n) is 4.01.